The maximum absolute atomic E-state index is 6.24. The molecule has 0 bridgehead atoms. The van der Waals surface area contributed by atoms with E-state index in [9.17, 15) is 0 Å². The first-order valence-corrected chi connectivity index (χ1v) is 8.28. The predicted octanol–water partition coefficient (Wildman–Crippen LogP) is 3.64. The van der Waals surface area contributed by atoms with Crippen LogP contribution in [0.5, 0.6) is 5.75 Å². The van der Waals surface area contributed by atoms with Crippen LogP contribution in [0.3, 0.4) is 0 Å². The first kappa shape index (κ1) is 16.0. The van der Waals surface area contributed by atoms with Gasteiger partial charge in [0, 0.05) is 18.8 Å². The molecule has 0 amide bonds. The first-order chi connectivity index (χ1) is 9.15. The lowest BCUT2D eigenvalue weighted by Crippen LogP contribution is -2.33. The highest BCUT2D eigenvalue weighted by molar-refractivity contribution is 7.98. The molecule has 0 aliphatic rings. The van der Waals surface area contributed by atoms with E-state index in [1.807, 2.05) is 23.9 Å². The van der Waals surface area contributed by atoms with E-state index in [0.29, 0.717) is 12.6 Å². The standard InChI is InChI=1S/C15H26N2OS/c1-5-10-18-14-9-7-8-13(15(14)16)17(3)12(6-2)11-19-4/h7-9,12H,5-6,10-11,16H2,1-4H3. The molecule has 0 saturated heterocycles. The van der Waals surface area contributed by atoms with Gasteiger partial charge in [0.2, 0.25) is 0 Å². The van der Waals surface area contributed by atoms with Gasteiger partial charge in [0.05, 0.1) is 18.0 Å². The maximum atomic E-state index is 6.24. The van der Waals surface area contributed by atoms with Gasteiger partial charge in [-0.15, -0.1) is 0 Å². The highest BCUT2D eigenvalue weighted by Gasteiger charge is 2.16. The number of anilines is 2. The molecule has 108 valence electrons. The van der Waals surface area contributed by atoms with Crippen LogP contribution in [0.15, 0.2) is 18.2 Å². The molecule has 2 N–H and O–H groups in total. The summed E-state index contributed by atoms with van der Waals surface area (Å²) >= 11 is 1.87. The van der Waals surface area contributed by atoms with Crippen molar-refractivity contribution in [3.05, 3.63) is 18.2 Å². The van der Waals surface area contributed by atoms with Crippen molar-refractivity contribution >= 4 is 23.1 Å². The molecule has 1 atom stereocenters. The van der Waals surface area contributed by atoms with Gasteiger partial charge in [-0.2, -0.15) is 11.8 Å². The highest BCUT2D eigenvalue weighted by atomic mass is 32.2. The van der Waals surface area contributed by atoms with Crippen molar-refractivity contribution < 1.29 is 4.74 Å². The molecule has 0 radical (unpaired) electrons. The van der Waals surface area contributed by atoms with Crippen LogP contribution in [-0.4, -0.2) is 31.7 Å². The fourth-order valence-electron chi connectivity index (χ4n) is 2.07. The Balaban J connectivity index is 2.92. The van der Waals surface area contributed by atoms with Crippen molar-refractivity contribution in [2.75, 3.05) is 36.3 Å². The van der Waals surface area contributed by atoms with Gasteiger partial charge < -0.3 is 15.4 Å². The quantitative estimate of drug-likeness (QED) is 0.739. The monoisotopic (exact) mass is 282 g/mol. The number of nitrogens with zero attached hydrogens (tertiary/aromatic N) is 1. The van der Waals surface area contributed by atoms with Crippen molar-refractivity contribution in [2.24, 2.45) is 0 Å². The van der Waals surface area contributed by atoms with Crippen LogP contribution in [0.25, 0.3) is 0 Å². The number of benzene rings is 1. The largest absolute Gasteiger partial charge is 0.491 e. The summed E-state index contributed by atoms with van der Waals surface area (Å²) in [6.07, 6.45) is 4.24. The molecule has 0 aromatic heterocycles. The molecule has 0 spiro atoms. The number of thioether (sulfide) groups is 1. The smallest absolute Gasteiger partial charge is 0.144 e. The van der Waals surface area contributed by atoms with Crippen molar-refractivity contribution in [2.45, 2.75) is 32.7 Å². The second-order valence-corrected chi connectivity index (χ2v) is 5.58. The van der Waals surface area contributed by atoms with Crippen molar-refractivity contribution in [1.82, 2.24) is 0 Å². The molecule has 1 rings (SSSR count). The Bertz CT molecular complexity index is 384. The normalized spacial score (nSPS) is 12.2. The predicted molar refractivity (Wildman–Crippen MR) is 87.5 cm³/mol. The van der Waals surface area contributed by atoms with Crippen LogP contribution >= 0.6 is 11.8 Å². The SMILES string of the molecule is CCCOc1cccc(N(C)C(CC)CSC)c1N. The lowest BCUT2D eigenvalue weighted by Gasteiger charge is -2.30. The Morgan fingerprint density at radius 1 is 1.37 bits per heavy atom. The van der Waals surface area contributed by atoms with Gasteiger partial charge in [0.25, 0.3) is 0 Å². The summed E-state index contributed by atoms with van der Waals surface area (Å²) in [5.74, 6) is 1.90. The summed E-state index contributed by atoms with van der Waals surface area (Å²) in [5.41, 5.74) is 8.05. The van der Waals surface area contributed by atoms with E-state index in [2.05, 4.69) is 38.1 Å². The fraction of sp³-hybridized carbons (Fsp3) is 0.600. The number of ether oxygens (including phenoxy) is 1. The van der Waals surface area contributed by atoms with E-state index in [-0.39, 0.29) is 0 Å². The third-order valence-electron chi connectivity index (χ3n) is 3.26. The third kappa shape index (κ3) is 4.23. The fourth-order valence-corrected chi connectivity index (χ4v) is 2.91. The first-order valence-electron chi connectivity index (χ1n) is 6.88. The van der Waals surface area contributed by atoms with Gasteiger partial charge in [-0.05, 0) is 31.2 Å². The van der Waals surface area contributed by atoms with Gasteiger partial charge in [-0.25, -0.2) is 0 Å². The molecular weight excluding hydrogens is 256 g/mol. The van der Waals surface area contributed by atoms with Crippen LogP contribution < -0.4 is 15.4 Å². The summed E-state index contributed by atoms with van der Waals surface area (Å²) in [6, 6.07) is 6.52. The molecule has 1 aromatic carbocycles. The van der Waals surface area contributed by atoms with Crippen molar-refractivity contribution in [3.63, 3.8) is 0 Å². The molecule has 0 fully saturated rings. The molecule has 0 heterocycles. The summed E-state index contributed by atoms with van der Waals surface area (Å²) < 4.78 is 5.69. The Morgan fingerprint density at radius 3 is 2.68 bits per heavy atom. The third-order valence-corrected chi connectivity index (χ3v) is 3.98. The zero-order chi connectivity index (χ0) is 14.3. The van der Waals surface area contributed by atoms with Gasteiger partial charge in [0.15, 0.2) is 0 Å². The van der Waals surface area contributed by atoms with E-state index in [0.717, 1.165) is 35.7 Å². The zero-order valence-electron chi connectivity index (χ0n) is 12.5. The van der Waals surface area contributed by atoms with Gasteiger partial charge >= 0.3 is 0 Å². The molecule has 0 aliphatic carbocycles. The van der Waals surface area contributed by atoms with E-state index < -0.39 is 0 Å². The minimum absolute atomic E-state index is 0.499. The van der Waals surface area contributed by atoms with E-state index in [1.54, 1.807) is 0 Å². The molecule has 1 aromatic rings. The highest BCUT2D eigenvalue weighted by Crippen LogP contribution is 2.33. The molecule has 1 unspecified atom stereocenters. The molecule has 19 heavy (non-hydrogen) atoms. The number of rotatable bonds is 8. The Kier molecular flexibility index (Phi) is 6.92. The lowest BCUT2D eigenvalue weighted by atomic mass is 10.1. The van der Waals surface area contributed by atoms with Crippen LogP contribution in [0, 0.1) is 0 Å². The second-order valence-electron chi connectivity index (χ2n) is 4.67. The molecular formula is C15H26N2OS. The molecule has 0 saturated carbocycles. The van der Waals surface area contributed by atoms with Crippen molar-refractivity contribution in [3.8, 4) is 5.75 Å². The Labute approximate surface area is 121 Å². The molecule has 3 nitrogen and oxygen atoms in total. The molecule has 4 heteroatoms. The average Bonchev–Trinajstić information content (AvgIpc) is 2.43. The summed E-state index contributed by atoms with van der Waals surface area (Å²) in [7, 11) is 2.11. The van der Waals surface area contributed by atoms with E-state index in [4.69, 9.17) is 10.5 Å². The van der Waals surface area contributed by atoms with E-state index >= 15 is 0 Å². The van der Waals surface area contributed by atoms with Crippen LogP contribution in [0.2, 0.25) is 0 Å². The second kappa shape index (κ2) is 8.20. The topological polar surface area (TPSA) is 38.5 Å². The van der Waals surface area contributed by atoms with Crippen LogP contribution in [-0.2, 0) is 0 Å². The van der Waals surface area contributed by atoms with Gasteiger partial charge in [-0.3, -0.25) is 0 Å². The van der Waals surface area contributed by atoms with E-state index in [1.165, 1.54) is 0 Å². The number of nitrogen functional groups attached to an aromatic ring is 1. The number of hydrogen-bond acceptors (Lipinski definition) is 4. The Hall–Kier alpha value is -1.03. The summed E-state index contributed by atoms with van der Waals surface area (Å²) in [5, 5.41) is 0. The summed E-state index contributed by atoms with van der Waals surface area (Å²) in [4.78, 5) is 2.27. The van der Waals surface area contributed by atoms with Gasteiger partial charge in [-0.1, -0.05) is 19.9 Å². The lowest BCUT2D eigenvalue weighted by molar-refractivity contribution is 0.319. The average molecular weight is 282 g/mol. The minimum atomic E-state index is 0.499. The number of para-hydroxylation sites is 1. The van der Waals surface area contributed by atoms with Crippen LogP contribution in [0.4, 0.5) is 11.4 Å². The summed E-state index contributed by atoms with van der Waals surface area (Å²) in [6.45, 7) is 5.02. The molecule has 0 aliphatic heterocycles. The minimum Gasteiger partial charge on any atom is -0.491 e. The number of hydrogen-bond donors (Lipinski definition) is 1. The Morgan fingerprint density at radius 2 is 2.11 bits per heavy atom. The number of nitrogens with two attached hydrogens (primary N) is 1. The van der Waals surface area contributed by atoms with Crippen LogP contribution in [0.1, 0.15) is 26.7 Å². The zero-order valence-corrected chi connectivity index (χ0v) is 13.3. The van der Waals surface area contributed by atoms with Crippen molar-refractivity contribution in [1.29, 1.82) is 0 Å². The maximum Gasteiger partial charge on any atom is 0.144 e. The van der Waals surface area contributed by atoms with Gasteiger partial charge in [0.1, 0.15) is 5.75 Å².